The number of aliphatic hydroxyl groups is 7. The summed E-state index contributed by atoms with van der Waals surface area (Å²) in [6.45, 7) is 0.699. The first-order valence-electron chi connectivity index (χ1n) is 13.0. The maximum Gasteiger partial charge on any atom is 0.402 e. The van der Waals surface area contributed by atoms with E-state index in [1.54, 1.807) is 0 Å². The van der Waals surface area contributed by atoms with E-state index < -0.39 is 91.0 Å². The Bertz CT molecular complexity index is 1460. The van der Waals surface area contributed by atoms with E-state index in [-0.39, 0.29) is 33.8 Å². The maximum atomic E-state index is 10.5. The summed E-state index contributed by atoms with van der Waals surface area (Å²) in [6, 6.07) is 5.53. The summed E-state index contributed by atoms with van der Waals surface area (Å²) in [7, 11) is 0. The molecule has 1 aromatic heterocycles. The summed E-state index contributed by atoms with van der Waals surface area (Å²) < 4.78 is 28.4. The summed E-state index contributed by atoms with van der Waals surface area (Å²) in [5, 5.41) is 112. The van der Waals surface area contributed by atoms with Gasteiger partial charge in [0.05, 0.1) is 24.3 Å². The van der Waals surface area contributed by atoms with Crippen LogP contribution in [-0.2, 0) is 9.47 Å². The van der Waals surface area contributed by atoms with Gasteiger partial charge in [-0.3, -0.25) is 0 Å². The highest BCUT2D eigenvalue weighted by Crippen LogP contribution is 2.45. The standard InChI is InChI=1S/C27H30O16/c1-8-18(32)21(35)23(37)26(39-8)42-16-6-11-14(40-25(16)9-2-12(30)19(33)13(31)3-9)4-10(29)5-15(11)41-27-24(38)22(36)20(34)17(7-28)43-27/h2-6,8,17-18,20-24,26-28,32,34-38H,7H2,1H3,(H3-,29,30,31,33)/p+1/t8-,17+,18-,20+,21+,22-,23+,24+,26-,27+/m0/s1. The molecule has 0 aliphatic carbocycles. The number of aromatic hydroxyl groups is 4. The van der Waals surface area contributed by atoms with Gasteiger partial charge in [-0.1, -0.05) is 0 Å². The molecule has 10 atom stereocenters. The molecule has 234 valence electrons. The van der Waals surface area contributed by atoms with Crippen molar-refractivity contribution in [2.75, 3.05) is 6.61 Å². The minimum atomic E-state index is -1.80. The zero-order valence-electron chi connectivity index (χ0n) is 22.3. The van der Waals surface area contributed by atoms with Crippen molar-refractivity contribution < 1.29 is 79.5 Å². The Labute approximate surface area is 242 Å². The number of hydrogen-bond donors (Lipinski definition) is 11. The number of fused-ring (bicyclic) bond motifs is 1. The van der Waals surface area contributed by atoms with Crippen molar-refractivity contribution in [2.45, 2.75) is 68.3 Å². The molecule has 2 saturated heterocycles. The van der Waals surface area contributed by atoms with Crippen LogP contribution in [0.25, 0.3) is 22.3 Å². The number of rotatable bonds is 6. The maximum absolute atomic E-state index is 10.5. The summed E-state index contributed by atoms with van der Waals surface area (Å²) in [5.41, 5.74) is -0.175. The molecule has 43 heavy (non-hydrogen) atoms. The zero-order valence-corrected chi connectivity index (χ0v) is 22.3. The highest BCUT2D eigenvalue weighted by atomic mass is 16.7. The van der Waals surface area contributed by atoms with Gasteiger partial charge in [0.2, 0.25) is 18.3 Å². The summed E-state index contributed by atoms with van der Waals surface area (Å²) in [5.74, 6) is -3.43. The number of aliphatic hydroxyl groups excluding tert-OH is 7. The highest BCUT2D eigenvalue weighted by Gasteiger charge is 2.46. The van der Waals surface area contributed by atoms with Gasteiger partial charge >= 0.3 is 11.3 Å². The van der Waals surface area contributed by atoms with Gasteiger partial charge < -0.3 is 75.1 Å². The van der Waals surface area contributed by atoms with E-state index in [4.69, 9.17) is 23.4 Å². The molecule has 0 amide bonds. The van der Waals surface area contributed by atoms with Crippen LogP contribution in [0.1, 0.15) is 6.92 Å². The fourth-order valence-electron chi connectivity index (χ4n) is 4.82. The predicted molar refractivity (Wildman–Crippen MR) is 140 cm³/mol. The molecule has 16 heteroatoms. The van der Waals surface area contributed by atoms with Crippen LogP contribution < -0.4 is 9.47 Å². The van der Waals surface area contributed by atoms with Crippen LogP contribution in [0.3, 0.4) is 0 Å². The van der Waals surface area contributed by atoms with Gasteiger partial charge in [-0.25, -0.2) is 4.42 Å². The van der Waals surface area contributed by atoms with Gasteiger partial charge in [-0.2, -0.15) is 0 Å². The van der Waals surface area contributed by atoms with Crippen LogP contribution in [0, 0.1) is 0 Å². The molecule has 3 heterocycles. The van der Waals surface area contributed by atoms with E-state index in [1.165, 1.54) is 13.0 Å². The minimum absolute atomic E-state index is 0.0275. The lowest BCUT2D eigenvalue weighted by atomic mass is 9.99. The average molecular weight is 612 g/mol. The molecule has 2 aliphatic heterocycles. The summed E-state index contributed by atoms with van der Waals surface area (Å²) >= 11 is 0. The van der Waals surface area contributed by atoms with Crippen molar-refractivity contribution in [1.82, 2.24) is 0 Å². The number of hydrogen-bond acceptors (Lipinski definition) is 15. The summed E-state index contributed by atoms with van der Waals surface area (Å²) in [4.78, 5) is 0. The van der Waals surface area contributed by atoms with Gasteiger partial charge in [0.1, 0.15) is 59.6 Å². The lowest BCUT2D eigenvalue weighted by Gasteiger charge is -2.39. The third-order valence-corrected chi connectivity index (χ3v) is 7.28. The van der Waals surface area contributed by atoms with E-state index in [2.05, 4.69) is 0 Å². The molecule has 2 fully saturated rings. The van der Waals surface area contributed by atoms with E-state index in [0.29, 0.717) is 0 Å². The van der Waals surface area contributed by atoms with Crippen molar-refractivity contribution in [3.8, 4) is 45.8 Å². The second-order valence-electron chi connectivity index (χ2n) is 10.3. The van der Waals surface area contributed by atoms with E-state index >= 15 is 0 Å². The number of phenols is 4. The Morgan fingerprint density at radius 2 is 1.28 bits per heavy atom. The van der Waals surface area contributed by atoms with Crippen LogP contribution in [-0.4, -0.2) is 124 Å². The lowest BCUT2D eigenvalue weighted by molar-refractivity contribution is -0.277. The van der Waals surface area contributed by atoms with E-state index in [9.17, 15) is 56.2 Å². The normalized spacial score (nSPS) is 32.9. The van der Waals surface area contributed by atoms with Crippen LogP contribution in [0.2, 0.25) is 0 Å². The molecule has 0 saturated carbocycles. The zero-order chi connectivity index (χ0) is 31.3. The third-order valence-electron chi connectivity index (χ3n) is 7.28. The van der Waals surface area contributed by atoms with Crippen LogP contribution in [0.5, 0.6) is 34.5 Å². The lowest BCUT2D eigenvalue weighted by Crippen LogP contribution is -2.60. The molecule has 0 radical (unpaired) electrons. The second kappa shape index (κ2) is 11.8. The van der Waals surface area contributed by atoms with Crippen molar-refractivity contribution >= 4 is 11.0 Å². The van der Waals surface area contributed by atoms with Crippen molar-refractivity contribution in [3.63, 3.8) is 0 Å². The van der Waals surface area contributed by atoms with Gasteiger partial charge in [-0.05, 0) is 6.92 Å². The molecule has 5 rings (SSSR count). The molecule has 2 aromatic carbocycles. The second-order valence-corrected chi connectivity index (χ2v) is 10.3. The van der Waals surface area contributed by atoms with Crippen LogP contribution >= 0.6 is 0 Å². The molecule has 3 aromatic rings. The molecule has 2 aliphatic rings. The molecule has 0 bridgehead atoms. The average Bonchev–Trinajstić information content (AvgIpc) is 2.97. The smallest absolute Gasteiger partial charge is 0.402 e. The first-order valence-corrected chi connectivity index (χ1v) is 13.0. The van der Waals surface area contributed by atoms with E-state index in [0.717, 1.165) is 24.3 Å². The Balaban J connectivity index is 1.63. The number of phenolic OH excluding ortho intramolecular Hbond substituents is 4. The fourth-order valence-corrected chi connectivity index (χ4v) is 4.82. The van der Waals surface area contributed by atoms with E-state index in [1.807, 2.05) is 0 Å². The van der Waals surface area contributed by atoms with Crippen molar-refractivity contribution in [1.29, 1.82) is 0 Å². The Morgan fingerprint density at radius 3 is 1.91 bits per heavy atom. The van der Waals surface area contributed by atoms with Gasteiger partial charge in [0.25, 0.3) is 0 Å². The Kier molecular flexibility index (Phi) is 8.41. The van der Waals surface area contributed by atoms with Crippen molar-refractivity contribution in [3.05, 3.63) is 30.3 Å². The molecule has 11 N–H and O–H groups in total. The largest absolute Gasteiger partial charge is 0.507 e. The predicted octanol–water partition coefficient (Wildman–Crippen LogP) is -1.41. The Morgan fingerprint density at radius 1 is 0.698 bits per heavy atom. The molecular formula is C27H31O16+. The quantitative estimate of drug-likeness (QED) is 0.113. The molecule has 0 spiro atoms. The third kappa shape index (κ3) is 5.67. The summed E-state index contributed by atoms with van der Waals surface area (Å²) in [6.07, 6.45) is -15.6. The molecular weight excluding hydrogens is 580 g/mol. The number of ether oxygens (including phenoxy) is 4. The molecule has 16 nitrogen and oxygen atoms in total. The first-order chi connectivity index (χ1) is 20.3. The minimum Gasteiger partial charge on any atom is -0.507 e. The van der Waals surface area contributed by atoms with Gasteiger partial charge in [0, 0.05) is 24.3 Å². The van der Waals surface area contributed by atoms with Crippen molar-refractivity contribution in [2.24, 2.45) is 0 Å². The molecule has 0 unspecified atom stereocenters. The number of benzene rings is 2. The first kappa shape index (κ1) is 30.7. The Hall–Kier alpha value is -3.71. The van der Waals surface area contributed by atoms with Gasteiger partial charge in [-0.15, -0.1) is 0 Å². The van der Waals surface area contributed by atoms with Crippen LogP contribution in [0.15, 0.2) is 34.7 Å². The monoisotopic (exact) mass is 611 g/mol. The SMILES string of the molecule is C[C@@H]1O[C@@H](Oc2cc3c(O[C@@H]4O[C@H](CO)[C@@H](O)[C@H](O)[C@H]4O)cc(O)cc3[o+]c2-c2cc(O)c(O)c(O)c2)[C@H](O)[C@H](O)[C@H]1O. The van der Waals surface area contributed by atoms with Crippen LogP contribution in [0.4, 0.5) is 0 Å². The topological polar surface area (TPSA) is 271 Å². The highest BCUT2D eigenvalue weighted by molar-refractivity contribution is 5.89. The fraction of sp³-hybridized carbons (Fsp3) is 0.444. The van der Waals surface area contributed by atoms with Gasteiger partial charge in [0.15, 0.2) is 17.2 Å².